The van der Waals surface area contributed by atoms with Crippen LogP contribution in [0.3, 0.4) is 0 Å². The van der Waals surface area contributed by atoms with Crippen LogP contribution in [-0.2, 0) is 10.1 Å². The first-order valence-electron chi connectivity index (χ1n) is 10.1. The smallest absolute Gasteiger partial charge is 0.267 e. The van der Waals surface area contributed by atoms with Crippen LogP contribution in [0.2, 0.25) is 0 Å². The molecule has 0 aromatic rings. The molecule has 4 nitrogen and oxygen atoms in total. The molecule has 0 bridgehead atoms. The van der Waals surface area contributed by atoms with Gasteiger partial charge in [-0.1, -0.05) is 78.1 Å². The molecule has 0 spiro atoms. The fourth-order valence-corrected chi connectivity index (χ4v) is 4.02. The highest BCUT2D eigenvalue weighted by Gasteiger charge is 2.22. The molecule has 0 aliphatic heterocycles. The second-order valence-electron chi connectivity index (χ2n) is 7.10. The van der Waals surface area contributed by atoms with Crippen molar-refractivity contribution in [2.75, 3.05) is 0 Å². The number of aliphatic hydroxyl groups excluding tert-OH is 1. The van der Waals surface area contributed by atoms with Crippen LogP contribution in [0.4, 0.5) is 0 Å². The van der Waals surface area contributed by atoms with Crippen molar-refractivity contribution in [3.05, 3.63) is 0 Å². The predicted octanol–water partition coefficient (Wildman–Crippen LogP) is 5.50. The number of hydrogen-bond acceptors (Lipinski definition) is 3. The van der Waals surface area contributed by atoms with Gasteiger partial charge in [0, 0.05) is 0 Å². The van der Waals surface area contributed by atoms with E-state index in [1.807, 2.05) is 6.92 Å². The third-order valence-corrected chi connectivity index (χ3v) is 6.15. The minimum atomic E-state index is -3.96. The lowest BCUT2D eigenvalue weighted by Crippen LogP contribution is -2.21. The largest absolute Gasteiger partial charge is 0.393 e. The van der Waals surface area contributed by atoms with Crippen molar-refractivity contribution in [3.8, 4) is 0 Å². The van der Waals surface area contributed by atoms with Crippen LogP contribution in [0.1, 0.15) is 110 Å². The average molecular weight is 365 g/mol. The molecule has 2 N–H and O–H groups in total. The zero-order valence-electron chi connectivity index (χ0n) is 15.9. The normalized spacial score (nSPS) is 14.7. The van der Waals surface area contributed by atoms with Gasteiger partial charge in [-0.05, 0) is 32.1 Å². The van der Waals surface area contributed by atoms with Crippen LogP contribution >= 0.6 is 0 Å². The second kappa shape index (κ2) is 15.2. The van der Waals surface area contributed by atoms with E-state index in [1.54, 1.807) is 0 Å². The van der Waals surface area contributed by atoms with Crippen LogP contribution < -0.4 is 0 Å². The second-order valence-corrected chi connectivity index (χ2v) is 8.80. The molecule has 0 aromatic carbocycles. The average Bonchev–Trinajstić information content (AvgIpc) is 2.53. The quantitative estimate of drug-likeness (QED) is 0.264. The lowest BCUT2D eigenvalue weighted by atomic mass is 10.0. The third-order valence-electron chi connectivity index (χ3n) is 4.84. The van der Waals surface area contributed by atoms with Gasteiger partial charge >= 0.3 is 0 Å². The fourth-order valence-electron chi connectivity index (χ4n) is 3.09. The lowest BCUT2D eigenvalue weighted by molar-refractivity contribution is 0.156. The Morgan fingerprint density at radius 1 is 0.708 bits per heavy atom. The maximum Gasteiger partial charge on any atom is 0.267 e. The van der Waals surface area contributed by atoms with Crippen molar-refractivity contribution >= 4 is 10.1 Å². The van der Waals surface area contributed by atoms with Crippen molar-refractivity contribution in [2.24, 2.45) is 0 Å². The van der Waals surface area contributed by atoms with E-state index in [-0.39, 0.29) is 6.10 Å². The molecule has 0 aromatic heterocycles. The molecule has 2 atom stereocenters. The Balaban J connectivity index is 3.73. The van der Waals surface area contributed by atoms with Crippen molar-refractivity contribution < 1.29 is 18.1 Å². The van der Waals surface area contributed by atoms with Gasteiger partial charge in [0.2, 0.25) is 0 Å². The maximum atomic E-state index is 11.5. The van der Waals surface area contributed by atoms with Crippen molar-refractivity contribution in [2.45, 2.75) is 122 Å². The standard InChI is InChI=1S/C19H40O4S/c1-3-5-6-7-8-9-10-11-12-13-16-19(24(21,22)23)17-14-15-18(20)4-2/h18-20H,3-17H2,1-2H3,(H,21,22,23). The monoisotopic (exact) mass is 364 g/mol. The first-order chi connectivity index (χ1) is 11.4. The molecule has 2 unspecified atom stereocenters. The van der Waals surface area contributed by atoms with Crippen LogP contribution in [0.5, 0.6) is 0 Å². The maximum absolute atomic E-state index is 11.5. The highest BCUT2D eigenvalue weighted by Crippen LogP contribution is 2.19. The van der Waals surface area contributed by atoms with Gasteiger partial charge in [0.15, 0.2) is 0 Å². The molecule has 0 rings (SSSR count). The summed E-state index contributed by atoms with van der Waals surface area (Å²) in [7, 11) is -3.96. The third kappa shape index (κ3) is 14.2. The van der Waals surface area contributed by atoms with Gasteiger partial charge in [-0.3, -0.25) is 4.55 Å². The number of unbranched alkanes of at least 4 members (excludes halogenated alkanes) is 9. The van der Waals surface area contributed by atoms with Gasteiger partial charge in [0.25, 0.3) is 10.1 Å². The van der Waals surface area contributed by atoms with E-state index in [1.165, 1.54) is 44.9 Å². The number of aliphatic hydroxyl groups is 1. The Kier molecular flexibility index (Phi) is 15.1. The Bertz CT molecular complexity index is 368. The molecule has 0 amide bonds. The van der Waals surface area contributed by atoms with E-state index in [2.05, 4.69) is 6.92 Å². The molecular formula is C19H40O4S. The summed E-state index contributed by atoms with van der Waals surface area (Å²) in [5.74, 6) is 0. The van der Waals surface area contributed by atoms with Crippen LogP contribution in [0, 0.1) is 0 Å². The Morgan fingerprint density at radius 3 is 1.62 bits per heavy atom. The van der Waals surface area contributed by atoms with Gasteiger partial charge < -0.3 is 5.11 Å². The highest BCUT2D eigenvalue weighted by molar-refractivity contribution is 7.86. The fraction of sp³-hybridized carbons (Fsp3) is 1.00. The van der Waals surface area contributed by atoms with Gasteiger partial charge in [-0.25, -0.2) is 0 Å². The highest BCUT2D eigenvalue weighted by atomic mass is 32.2. The summed E-state index contributed by atoms with van der Waals surface area (Å²) in [5.41, 5.74) is 0. The topological polar surface area (TPSA) is 74.6 Å². The molecule has 0 saturated carbocycles. The van der Waals surface area contributed by atoms with E-state index in [0.717, 1.165) is 19.3 Å². The molecule has 0 aliphatic carbocycles. The first-order valence-corrected chi connectivity index (χ1v) is 11.6. The van der Waals surface area contributed by atoms with Crippen molar-refractivity contribution in [1.29, 1.82) is 0 Å². The van der Waals surface area contributed by atoms with E-state index in [4.69, 9.17) is 0 Å². The first kappa shape index (κ1) is 23.9. The summed E-state index contributed by atoms with van der Waals surface area (Å²) in [6, 6.07) is 0. The zero-order valence-corrected chi connectivity index (χ0v) is 16.7. The summed E-state index contributed by atoms with van der Waals surface area (Å²) in [5, 5.41) is 8.87. The van der Waals surface area contributed by atoms with E-state index in [0.29, 0.717) is 32.1 Å². The molecule has 0 fully saturated rings. The van der Waals surface area contributed by atoms with Gasteiger partial charge in [-0.2, -0.15) is 8.42 Å². The minimum absolute atomic E-state index is 0.357. The summed E-state index contributed by atoms with van der Waals surface area (Å²) < 4.78 is 32.3. The molecule has 0 saturated heterocycles. The Morgan fingerprint density at radius 2 is 1.17 bits per heavy atom. The number of rotatable bonds is 17. The Labute approximate surface area is 150 Å². The summed E-state index contributed by atoms with van der Waals surface area (Å²) >= 11 is 0. The number of hydrogen-bond donors (Lipinski definition) is 2. The molecule has 0 aliphatic rings. The van der Waals surface area contributed by atoms with Crippen molar-refractivity contribution in [1.82, 2.24) is 0 Å². The summed E-state index contributed by atoms with van der Waals surface area (Å²) in [6.07, 6.45) is 14.8. The zero-order chi connectivity index (χ0) is 18.3. The molecule has 146 valence electrons. The minimum Gasteiger partial charge on any atom is -0.393 e. The molecule has 0 radical (unpaired) electrons. The van der Waals surface area contributed by atoms with Gasteiger partial charge in [0.1, 0.15) is 0 Å². The van der Waals surface area contributed by atoms with Gasteiger partial charge in [0.05, 0.1) is 11.4 Å². The van der Waals surface area contributed by atoms with Crippen LogP contribution in [0.15, 0.2) is 0 Å². The van der Waals surface area contributed by atoms with E-state index < -0.39 is 15.4 Å². The van der Waals surface area contributed by atoms with Crippen LogP contribution in [0.25, 0.3) is 0 Å². The van der Waals surface area contributed by atoms with Gasteiger partial charge in [-0.15, -0.1) is 0 Å². The predicted molar refractivity (Wildman–Crippen MR) is 102 cm³/mol. The van der Waals surface area contributed by atoms with Crippen molar-refractivity contribution in [3.63, 3.8) is 0 Å². The molecular weight excluding hydrogens is 324 g/mol. The molecule has 24 heavy (non-hydrogen) atoms. The lowest BCUT2D eigenvalue weighted by Gasteiger charge is -2.15. The van der Waals surface area contributed by atoms with Crippen LogP contribution in [-0.4, -0.2) is 29.4 Å². The summed E-state index contributed by atoms with van der Waals surface area (Å²) in [6.45, 7) is 4.14. The molecule has 5 heteroatoms. The van der Waals surface area contributed by atoms with E-state index >= 15 is 0 Å². The Hall–Kier alpha value is -0.130. The molecule has 0 heterocycles. The SMILES string of the molecule is CCCCCCCCCCCCC(CCCC(O)CC)S(=O)(=O)O. The van der Waals surface area contributed by atoms with E-state index in [9.17, 15) is 18.1 Å². The summed E-state index contributed by atoms with van der Waals surface area (Å²) in [4.78, 5) is 0.